The van der Waals surface area contributed by atoms with Crippen molar-refractivity contribution in [3.05, 3.63) is 152 Å². The first-order valence-corrected chi connectivity index (χ1v) is 15.2. The van der Waals surface area contributed by atoms with E-state index in [1.165, 1.54) is 24.3 Å². The van der Waals surface area contributed by atoms with Crippen molar-refractivity contribution in [3.63, 3.8) is 0 Å². The highest BCUT2D eigenvalue weighted by Crippen LogP contribution is 2.30. The van der Waals surface area contributed by atoms with Crippen LogP contribution in [0.4, 0.5) is 11.4 Å². The Morgan fingerprint density at radius 1 is 0.612 bits per heavy atom. The van der Waals surface area contributed by atoms with Gasteiger partial charge in [-0.15, -0.1) is 0 Å². The summed E-state index contributed by atoms with van der Waals surface area (Å²) in [5.41, 5.74) is 1.41. The van der Waals surface area contributed by atoms with Crippen LogP contribution in [0.5, 0.6) is 0 Å². The molecule has 0 unspecified atom stereocenters. The molecule has 5 rings (SSSR count). The number of esters is 2. The van der Waals surface area contributed by atoms with Gasteiger partial charge in [0, 0.05) is 24.3 Å². The van der Waals surface area contributed by atoms with Crippen LogP contribution in [0.1, 0.15) is 31.8 Å². The van der Waals surface area contributed by atoms with Crippen molar-refractivity contribution in [3.8, 4) is 0 Å². The molecule has 0 aliphatic carbocycles. The van der Waals surface area contributed by atoms with Gasteiger partial charge in [-0.25, -0.2) is 9.59 Å². The Morgan fingerprint density at radius 3 is 1.61 bits per heavy atom. The van der Waals surface area contributed by atoms with Crippen LogP contribution in [-0.4, -0.2) is 66.2 Å². The number of nitro groups is 2. The third kappa shape index (κ3) is 9.74. The lowest BCUT2D eigenvalue weighted by Crippen LogP contribution is -2.42. The second-order valence-electron chi connectivity index (χ2n) is 10.8. The minimum absolute atomic E-state index is 0.000215. The molecule has 4 aromatic carbocycles. The van der Waals surface area contributed by atoms with E-state index in [9.17, 15) is 29.8 Å². The van der Waals surface area contributed by atoms with E-state index in [-0.39, 0.29) is 48.9 Å². The van der Waals surface area contributed by atoms with E-state index in [1.54, 1.807) is 0 Å². The minimum Gasteiger partial charge on any atom is -0.449 e. The molecular formula is C35H32N2O12. The Balaban J connectivity index is 1.34. The van der Waals surface area contributed by atoms with Crippen LogP contribution in [0.15, 0.2) is 109 Å². The van der Waals surface area contributed by atoms with Crippen molar-refractivity contribution in [2.45, 2.75) is 37.8 Å². The molecule has 254 valence electrons. The van der Waals surface area contributed by atoms with Gasteiger partial charge < -0.3 is 28.4 Å². The largest absolute Gasteiger partial charge is 0.449 e. The van der Waals surface area contributed by atoms with Crippen molar-refractivity contribution in [1.29, 1.82) is 0 Å². The van der Waals surface area contributed by atoms with Gasteiger partial charge in [-0.2, -0.15) is 0 Å². The molecule has 0 N–H and O–H groups in total. The molecule has 0 amide bonds. The molecule has 1 aliphatic heterocycles. The van der Waals surface area contributed by atoms with Gasteiger partial charge in [-0.05, 0) is 35.4 Å². The van der Waals surface area contributed by atoms with Crippen LogP contribution in [0.25, 0.3) is 0 Å². The van der Waals surface area contributed by atoms with Crippen LogP contribution >= 0.6 is 0 Å². The number of ether oxygens (including phenoxy) is 6. The fraction of sp³-hybridized carbons (Fsp3) is 0.257. The lowest BCUT2D eigenvalue weighted by molar-refractivity contribution is -0.385. The number of carbonyl (C=O) groups is 2. The van der Waals surface area contributed by atoms with E-state index >= 15 is 0 Å². The second kappa shape index (κ2) is 17.0. The van der Waals surface area contributed by atoms with Crippen molar-refractivity contribution in [1.82, 2.24) is 0 Å². The average Bonchev–Trinajstić information content (AvgIpc) is 3.43. The fourth-order valence-electron chi connectivity index (χ4n) is 4.93. The molecule has 4 aromatic rings. The van der Waals surface area contributed by atoms with Crippen molar-refractivity contribution in [2.75, 3.05) is 19.8 Å². The molecule has 0 saturated carbocycles. The maximum atomic E-state index is 13.3. The van der Waals surface area contributed by atoms with E-state index in [2.05, 4.69) is 0 Å². The Kier molecular flexibility index (Phi) is 12.1. The third-order valence-corrected chi connectivity index (χ3v) is 7.40. The first-order chi connectivity index (χ1) is 23.8. The molecule has 1 aliphatic rings. The predicted octanol–water partition coefficient (Wildman–Crippen LogP) is 5.43. The zero-order valence-corrected chi connectivity index (χ0v) is 26.0. The summed E-state index contributed by atoms with van der Waals surface area (Å²) in [6.07, 6.45) is -4.69. The van der Waals surface area contributed by atoms with Gasteiger partial charge in [0.1, 0.15) is 12.2 Å². The monoisotopic (exact) mass is 672 g/mol. The van der Waals surface area contributed by atoms with E-state index in [1.807, 2.05) is 60.7 Å². The molecule has 14 heteroatoms. The normalized spacial score (nSPS) is 18.4. The number of hydrogen-bond acceptors (Lipinski definition) is 12. The maximum Gasteiger partial charge on any atom is 0.340 e. The predicted molar refractivity (Wildman–Crippen MR) is 171 cm³/mol. The van der Waals surface area contributed by atoms with Gasteiger partial charge in [0.05, 0.1) is 54.0 Å². The highest BCUT2D eigenvalue weighted by Gasteiger charge is 2.50. The highest BCUT2D eigenvalue weighted by atomic mass is 16.7. The molecule has 0 bridgehead atoms. The molecule has 1 saturated heterocycles. The fourth-order valence-corrected chi connectivity index (χ4v) is 4.93. The highest BCUT2D eigenvalue weighted by molar-refractivity contribution is 5.90. The Labute approximate surface area is 280 Å². The number of non-ortho nitro benzene ring substituents is 2. The third-order valence-electron chi connectivity index (χ3n) is 7.40. The number of nitro benzene ring substituents is 2. The van der Waals surface area contributed by atoms with Crippen molar-refractivity contribution < 1.29 is 47.9 Å². The van der Waals surface area contributed by atoms with Gasteiger partial charge >= 0.3 is 11.9 Å². The van der Waals surface area contributed by atoms with Crippen LogP contribution in [0.2, 0.25) is 0 Å². The zero-order chi connectivity index (χ0) is 34.6. The summed E-state index contributed by atoms with van der Waals surface area (Å²) >= 11 is 0. The number of hydrogen-bond donors (Lipinski definition) is 0. The lowest BCUT2D eigenvalue weighted by Gasteiger charge is -2.24. The molecule has 49 heavy (non-hydrogen) atoms. The van der Waals surface area contributed by atoms with E-state index in [0.717, 1.165) is 35.4 Å². The Morgan fingerprint density at radius 2 is 1.10 bits per heavy atom. The molecule has 0 radical (unpaired) electrons. The number of nitrogens with zero attached hydrogens (tertiary/aromatic N) is 2. The van der Waals surface area contributed by atoms with Gasteiger partial charge in [0.2, 0.25) is 6.29 Å². The SMILES string of the molecule is O=C(O[C@@H]1O[C@H](COCc2ccccc2)[C@@H](OCCOCc2ccccc2)[C@H]1OC(=O)c1ccc([N+](=O)[O-])cc1)c1ccc([N+](=O)[O-])cc1. The zero-order valence-electron chi connectivity index (χ0n) is 26.0. The summed E-state index contributed by atoms with van der Waals surface area (Å²) in [4.78, 5) is 47.5. The van der Waals surface area contributed by atoms with E-state index < -0.39 is 46.4 Å². The summed E-state index contributed by atoms with van der Waals surface area (Å²) < 4.78 is 35.4. The summed E-state index contributed by atoms with van der Waals surface area (Å²) in [6.45, 7) is 0.739. The van der Waals surface area contributed by atoms with E-state index in [0.29, 0.717) is 6.61 Å². The molecule has 0 spiro atoms. The van der Waals surface area contributed by atoms with Crippen LogP contribution in [0, 0.1) is 20.2 Å². The summed E-state index contributed by atoms with van der Waals surface area (Å²) in [5.74, 6) is -1.77. The van der Waals surface area contributed by atoms with Gasteiger partial charge in [-0.1, -0.05) is 60.7 Å². The smallest absolute Gasteiger partial charge is 0.340 e. The second-order valence-corrected chi connectivity index (χ2v) is 10.8. The van der Waals surface area contributed by atoms with Crippen LogP contribution < -0.4 is 0 Å². The first kappa shape index (κ1) is 34.8. The Bertz CT molecular complexity index is 1700. The first-order valence-electron chi connectivity index (χ1n) is 15.2. The molecule has 14 nitrogen and oxygen atoms in total. The molecular weight excluding hydrogens is 640 g/mol. The summed E-state index contributed by atoms with van der Waals surface area (Å²) in [6, 6.07) is 28.5. The van der Waals surface area contributed by atoms with Crippen LogP contribution in [-0.2, 0) is 41.6 Å². The topological polar surface area (TPSA) is 176 Å². The number of rotatable bonds is 16. The minimum atomic E-state index is -1.48. The lowest BCUT2D eigenvalue weighted by atomic mass is 10.1. The van der Waals surface area contributed by atoms with Crippen molar-refractivity contribution >= 4 is 23.3 Å². The molecule has 1 fully saturated rings. The van der Waals surface area contributed by atoms with Gasteiger partial charge in [-0.3, -0.25) is 20.2 Å². The summed E-state index contributed by atoms with van der Waals surface area (Å²) in [7, 11) is 0. The number of carbonyl (C=O) groups excluding carboxylic acids is 2. The van der Waals surface area contributed by atoms with Gasteiger partial charge in [0.15, 0.2) is 6.10 Å². The maximum absolute atomic E-state index is 13.3. The summed E-state index contributed by atoms with van der Waals surface area (Å²) in [5, 5.41) is 22.2. The average molecular weight is 673 g/mol. The molecule has 0 aromatic heterocycles. The van der Waals surface area contributed by atoms with E-state index in [4.69, 9.17) is 28.4 Å². The molecule has 1 heterocycles. The van der Waals surface area contributed by atoms with Gasteiger partial charge in [0.25, 0.3) is 11.4 Å². The quantitative estimate of drug-likeness (QED) is 0.0640. The molecule has 4 atom stereocenters. The number of benzene rings is 4. The van der Waals surface area contributed by atoms with Crippen molar-refractivity contribution in [2.24, 2.45) is 0 Å². The van der Waals surface area contributed by atoms with Crippen LogP contribution in [0.3, 0.4) is 0 Å². The standard InChI is InChI=1S/C35H32N2O12/c38-33(26-11-15-28(16-12-26)36(40)41)48-32-31(46-20-19-44-21-24-7-3-1-4-8-24)30(23-45-22-25-9-5-2-6-10-25)47-35(32)49-34(39)27-13-17-29(18-14-27)37(42)43/h1-18,30-32,35H,19-23H2/t30-,31-,32-,35+/m1/s1. The Hall–Kier alpha value is -5.54.